The second-order valence-corrected chi connectivity index (χ2v) is 6.78. The van der Waals surface area contributed by atoms with Crippen molar-refractivity contribution >= 4 is 29.0 Å². The predicted octanol–water partition coefficient (Wildman–Crippen LogP) is 5.77. The van der Waals surface area contributed by atoms with E-state index < -0.39 is 0 Å². The zero-order valence-corrected chi connectivity index (χ0v) is 14.5. The second kappa shape index (κ2) is 8.20. The zero-order valence-electron chi connectivity index (χ0n) is 13.7. The van der Waals surface area contributed by atoms with Crippen molar-refractivity contribution in [3.8, 4) is 0 Å². The molecule has 126 valence electrons. The number of anilines is 2. The van der Waals surface area contributed by atoms with Gasteiger partial charge in [-0.25, -0.2) is 4.79 Å². The molecule has 1 N–H and O–H groups in total. The second-order valence-electron chi connectivity index (χ2n) is 6.34. The highest BCUT2D eigenvalue weighted by molar-refractivity contribution is 6.31. The van der Waals surface area contributed by atoms with E-state index in [0.29, 0.717) is 10.9 Å². The first-order valence-corrected chi connectivity index (χ1v) is 9.00. The number of amides is 2. The van der Waals surface area contributed by atoms with Crippen molar-refractivity contribution in [3.63, 3.8) is 0 Å². The number of nitrogens with zero attached hydrogens (tertiary/aromatic N) is 1. The number of halogens is 1. The monoisotopic (exact) mass is 342 g/mol. The number of para-hydroxylation sites is 1. The summed E-state index contributed by atoms with van der Waals surface area (Å²) in [7, 11) is 0. The number of nitrogens with one attached hydrogen (secondary N) is 1. The minimum atomic E-state index is -0.103. The largest absolute Gasteiger partial charge is 0.337 e. The van der Waals surface area contributed by atoms with E-state index in [-0.39, 0.29) is 6.03 Å². The van der Waals surface area contributed by atoms with Crippen LogP contribution in [0.4, 0.5) is 16.2 Å². The van der Waals surface area contributed by atoms with Crippen LogP contribution in [0.3, 0.4) is 0 Å². The van der Waals surface area contributed by atoms with Crippen LogP contribution in [0, 0.1) is 5.92 Å². The Morgan fingerprint density at radius 2 is 1.71 bits per heavy atom. The van der Waals surface area contributed by atoms with Gasteiger partial charge in [0.1, 0.15) is 0 Å². The smallest absolute Gasteiger partial charge is 0.326 e. The van der Waals surface area contributed by atoms with E-state index in [1.165, 1.54) is 32.1 Å². The first-order valence-electron chi connectivity index (χ1n) is 8.62. The van der Waals surface area contributed by atoms with Crippen LogP contribution in [0.5, 0.6) is 0 Å². The number of urea groups is 1. The molecule has 0 unspecified atom stereocenters. The van der Waals surface area contributed by atoms with Gasteiger partial charge in [-0.2, -0.15) is 0 Å². The van der Waals surface area contributed by atoms with Gasteiger partial charge < -0.3 is 5.32 Å². The average molecular weight is 343 g/mol. The summed E-state index contributed by atoms with van der Waals surface area (Å²) in [6, 6.07) is 17.0. The van der Waals surface area contributed by atoms with Gasteiger partial charge in [0.15, 0.2) is 0 Å². The Hall–Kier alpha value is -2.00. The van der Waals surface area contributed by atoms with Gasteiger partial charge in [-0.05, 0) is 49.1 Å². The molecule has 24 heavy (non-hydrogen) atoms. The van der Waals surface area contributed by atoms with Crippen molar-refractivity contribution < 1.29 is 4.79 Å². The first kappa shape index (κ1) is 16.8. The molecule has 0 aliphatic heterocycles. The lowest BCUT2D eigenvalue weighted by Gasteiger charge is -2.26. The molecule has 2 aromatic rings. The average Bonchev–Trinajstić information content (AvgIpc) is 2.62. The summed E-state index contributed by atoms with van der Waals surface area (Å²) in [5.41, 5.74) is 1.61. The Morgan fingerprint density at radius 3 is 2.42 bits per heavy atom. The Bertz CT molecular complexity index is 668. The van der Waals surface area contributed by atoms with Crippen molar-refractivity contribution in [1.29, 1.82) is 0 Å². The number of carbonyl (C=O) groups is 1. The molecular weight excluding hydrogens is 320 g/mol. The third-order valence-electron chi connectivity index (χ3n) is 4.55. The number of hydrogen-bond acceptors (Lipinski definition) is 1. The highest BCUT2D eigenvalue weighted by atomic mass is 35.5. The summed E-state index contributed by atoms with van der Waals surface area (Å²) in [5, 5.41) is 3.73. The maximum atomic E-state index is 12.9. The van der Waals surface area contributed by atoms with Crippen LogP contribution in [0.25, 0.3) is 0 Å². The molecule has 1 aliphatic rings. The van der Waals surface area contributed by atoms with Gasteiger partial charge in [0.05, 0.1) is 11.4 Å². The lowest BCUT2D eigenvalue weighted by atomic mass is 9.89. The van der Waals surface area contributed by atoms with E-state index in [1.54, 1.807) is 4.90 Å². The van der Waals surface area contributed by atoms with Crippen LogP contribution in [0.1, 0.15) is 32.1 Å². The number of carbonyl (C=O) groups excluding carboxylic acids is 1. The number of benzene rings is 2. The molecule has 0 aromatic heterocycles. The highest BCUT2D eigenvalue weighted by Crippen LogP contribution is 2.28. The molecule has 4 heteroatoms. The third kappa shape index (κ3) is 4.30. The van der Waals surface area contributed by atoms with Crippen molar-refractivity contribution in [3.05, 3.63) is 59.6 Å². The summed E-state index contributed by atoms with van der Waals surface area (Å²) >= 11 is 6.12. The maximum absolute atomic E-state index is 12.9. The molecule has 0 spiro atoms. The van der Waals surface area contributed by atoms with Crippen molar-refractivity contribution in [2.45, 2.75) is 32.1 Å². The quantitative estimate of drug-likeness (QED) is 0.751. The normalized spacial score (nSPS) is 15.0. The van der Waals surface area contributed by atoms with Crippen LogP contribution >= 0.6 is 11.6 Å². The fourth-order valence-electron chi connectivity index (χ4n) is 3.28. The summed E-state index contributed by atoms with van der Waals surface area (Å²) in [6.45, 7) is 0.739. The van der Waals surface area contributed by atoms with Gasteiger partial charge in [-0.1, -0.05) is 55.1 Å². The van der Waals surface area contributed by atoms with Gasteiger partial charge in [0.2, 0.25) is 0 Å². The van der Waals surface area contributed by atoms with Gasteiger partial charge >= 0.3 is 6.03 Å². The lowest BCUT2D eigenvalue weighted by molar-refractivity contribution is 0.244. The molecule has 2 amide bonds. The summed E-state index contributed by atoms with van der Waals surface area (Å²) in [4.78, 5) is 14.6. The Labute approximate surface area is 148 Å². The first-order chi connectivity index (χ1) is 11.7. The predicted molar refractivity (Wildman–Crippen MR) is 100 cm³/mol. The molecule has 2 aromatic carbocycles. The van der Waals surface area contributed by atoms with E-state index >= 15 is 0 Å². The van der Waals surface area contributed by atoms with Crippen LogP contribution in [0.2, 0.25) is 5.02 Å². The Morgan fingerprint density at radius 1 is 1.00 bits per heavy atom. The van der Waals surface area contributed by atoms with Crippen molar-refractivity contribution in [2.24, 2.45) is 5.92 Å². The molecule has 0 radical (unpaired) electrons. The number of hydrogen-bond donors (Lipinski definition) is 1. The van der Waals surface area contributed by atoms with Crippen LogP contribution in [-0.4, -0.2) is 12.6 Å². The fourth-order valence-corrected chi connectivity index (χ4v) is 3.46. The Kier molecular flexibility index (Phi) is 5.76. The molecule has 0 bridgehead atoms. The molecule has 3 rings (SSSR count). The topological polar surface area (TPSA) is 32.3 Å². The van der Waals surface area contributed by atoms with Crippen molar-refractivity contribution in [1.82, 2.24) is 5.32 Å². The molecular formula is C20H23ClN2O. The molecule has 0 heterocycles. The van der Waals surface area contributed by atoms with E-state index in [0.717, 1.165) is 17.9 Å². The van der Waals surface area contributed by atoms with Gasteiger partial charge in [0.25, 0.3) is 0 Å². The fraction of sp³-hybridized carbons (Fsp3) is 0.350. The lowest BCUT2D eigenvalue weighted by Crippen LogP contribution is -2.39. The van der Waals surface area contributed by atoms with E-state index in [1.807, 2.05) is 54.6 Å². The van der Waals surface area contributed by atoms with E-state index in [4.69, 9.17) is 11.6 Å². The summed E-state index contributed by atoms with van der Waals surface area (Å²) in [6.07, 6.45) is 6.29. The van der Waals surface area contributed by atoms with E-state index in [2.05, 4.69) is 5.32 Å². The third-order valence-corrected chi connectivity index (χ3v) is 4.79. The number of rotatable bonds is 4. The molecule has 1 saturated carbocycles. The molecule has 3 nitrogen and oxygen atoms in total. The SMILES string of the molecule is O=C(NCC1CCCCC1)N(c1ccccc1)c1cccc(Cl)c1. The minimum absolute atomic E-state index is 0.103. The summed E-state index contributed by atoms with van der Waals surface area (Å²) < 4.78 is 0. The van der Waals surface area contributed by atoms with Crippen molar-refractivity contribution in [2.75, 3.05) is 11.4 Å². The minimum Gasteiger partial charge on any atom is -0.337 e. The molecule has 1 fully saturated rings. The van der Waals surface area contributed by atoms with Crippen LogP contribution in [0.15, 0.2) is 54.6 Å². The van der Waals surface area contributed by atoms with Crippen LogP contribution in [-0.2, 0) is 0 Å². The molecule has 1 aliphatic carbocycles. The van der Waals surface area contributed by atoms with Gasteiger partial charge in [0, 0.05) is 11.6 Å². The zero-order chi connectivity index (χ0) is 16.8. The standard InChI is InChI=1S/C20H23ClN2O/c21-17-10-7-13-19(14-17)23(18-11-5-2-6-12-18)20(24)22-15-16-8-3-1-4-9-16/h2,5-7,10-14,16H,1,3-4,8-9,15H2,(H,22,24). The molecule has 0 saturated heterocycles. The summed E-state index contributed by atoms with van der Waals surface area (Å²) in [5.74, 6) is 0.597. The van der Waals surface area contributed by atoms with Gasteiger partial charge in [-0.15, -0.1) is 0 Å². The maximum Gasteiger partial charge on any atom is 0.326 e. The Balaban J connectivity index is 1.77. The van der Waals surface area contributed by atoms with Gasteiger partial charge in [-0.3, -0.25) is 4.90 Å². The van der Waals surface area contributed by atoms with E-state index in [9.17, 15) is 4.79 Å². The highest BCUT2D eigenvalue weighted by Gasteiger charge is 2.20. The van der Waals surface area contributed by atoms with Crippen LogP contribution < -0.4 is 10.2 Å². The molecule has 0 atom stereocenters.